The molecule has 0 bridgehead atoms. The van der Waals surface area contributed by atoms with Gasteiger partial charge in [0.2, 0.25) is 10.0 Å². The van der Waals surface area contributed by atoms with Crippen molar-refractivity contribution in [1.82, 2.24) is 4.31 Å². The second-order valence-electron chi connectivity index (χ2n) is 9.71. The van der Waals surface area contributed by atoms with Gasteiger partial charge in [-0.25, -0.2) is 8.42 Å². The van der Waals surface area contributed by atoms with Crippen LogP contribution in [0.3, 0.4) is 0 Å². The van der Waals surface area contributed by atoms with Crippen molar-refractivity contribution < 1.29 is 13.2 Å². The maximum atomic E-state index is 13.5. The third-order valence-corrected chi connectivity index (χ3v) is 9.17. The molecule has 2 fully saturated rings. The molecule has 0 unspecified atom stereocenters. The largest absolute Gasteiger partial charge is 0.495 e. The van der Waals surface area contributed by atoms with E-state index in [0.717, 1.165) is 50.1 Å². The lowest BCUT2D eigenvalue weighted by molar-refractivity contribution is 0.288. The molecule has 35 heavy (non-hydrogen) atoms. The molecule has 0 amide bonds. The maximum absolute atomic E-state index is 13.5. The topological polar surface area (TPSA) is 73.9 Å². The highest BCUT2D eigenvalue weighted by atomic mass is 32.2. The summed E-state index contributed by atoms with van der Waals surface area (Å²) in [4.78, 5) is 2.61. The minimum atomic E-state index is -3.58. The van der Waals surface area contributed by atoms with E-state index in [2.05, 4.69) is 29.4 Å². The minimum absolute atomic E-state index is 0.295. The molecule has 4 rings (SSSR count). The molecule has 0 spiro atoms. The van der Waals surface area contributed by atoms with Crippen LogP contribution >= 0.6 is 12.2 Å². The lowest BCUT2D eigenvalue weighted by atomic mass is 9.98. The molecule has 2 heterocycles. The summed E-state index contributed by atoms with van der Waals surface area (Å²) in [6.07, 6.45) is 3.99. The molecule has 190 valence electrons. The molecule has 9 heteroatoms. The van der Waals surface area contributed by atoms with E-state index in [1.165, 1.54) is 0 Å². The Kier molecular flexibility index (Phi) is 8.19. The van der Waals surface area contributed by atoms with E-state index < -0.39 is 10.0 Å². The molecule has 2 aliphatic heterocycles. The van der Waals surface area contributed by atoms with Crippen molar-refractivity contribution in [2.45, 2.75) is 44.4 Å². The molecule has 2 aromatic rings. The molecule has 0 atom stereocenters. The number of nitrogens with one attached hydrogen (secondary N) is 2. The van der Waals surface area contributed by atoms with Crippen molar-refractivity contribution >= 4 is 44.4 Å². The summed E-state index contributed by atoms with van der Waals surface area (Å²) < 4.78 is 33.9. The van der Waals surface area contributed by atoms with Crippen molar-refractivity contribution in [3.63, 3.8) is 0 Å². The van der Waals surface area contributed by atoms with Crippen LogP contribution in [-0.2, 0) is 10.0 Å². The van der Waals surface area contributed by atoms with E-state index in [0.29, 0.717) is 46.4 Å². The number of benzene rings is 2. The first-order valence-corrected chi connectivity index (χ1v) is 14.2. The van der Waals surface area contributed by atoms with Gasteiger partial charge in [0, 0.05) is 26.2 Å². The highest BCUT2D eigenvalue weighted by Crippen LogP contribution is 2.34. The Bertz CT molecular complexity index is 1140. The number of sulfonamides is 1. The van der Waals surface area contributed by atoms with Crippen LogP contribution in [0.2, 0.25) is 0 Å². The number of hydrogen-bond acceptors (Lipinski definition) is 5. The van der Waals surface area contributed by atoms with Crippen LogP contribution in [0.15, 0.2) is 47.4 Å². The molecule has 2 aliphatic rings. The van der Waals surface area contributed by atoms with Gasteiger partial charge in [-0.3, -0.25) is 0 Å². The third-order valence-electron chi connectivity index (χ3n) is 7.08. The number of methoxy groups -OCH3 is 1. The normalized spacial score (nSPS) is 18.3. The Hall–Kier alpha value is -2.36. The Morgan fingerprint density at radius 2 is 1.51 bits per heavy atom. The number of ether oxygens (including phenoxy) is 1. The van der Waals surface area contributed by atoms with Gasteiger partial charge in [-0.15, -0.1) is 0 Å². The summed E-state index contributed by atoms with van der Waals surface area (Å²) in [6, 6.07) is 12.9. The van der Waals surface area contributed by atoms with Crippen molar-refractivity contribution in [3.8, 4) is 5.75 Å². The second kappa shape index (κ2) is 11.1. The zero-order valence-corrected chi connectivity index (χ0v) is 22.4. The van der Waals surface area contributed by atoms with Gasteiger partial charge >= 0.3 is 0 Å². The predicted octanol–water partition coefficient (Wildman–Crippen LogP) is 5.16. The van der Waals surface area contributed by atoms with E-state index in [4.69, 9.17) is 17.0 Å². The standard InChI is InChI=1S/C26H36N4O3S2/c1-19-10-14-29(15-11-19)24-9-8-21(35(31,32)30-16-12-20(2)13-17-30)18-23(24)28-26(34)27-22-6-4-5-7-25(22)33-3/h4-9,18-20H,10-17H2,1-3H3,(H2,27,28,34). The fourth-order valence-electron chi connectivity index (χ4n) is 4.70. The van der Waals surface area contributed by atoms with Crippen LogP contribution in [0, 0.1) is 11.8 Å². The Balaban J connectivity index is 1.62. The fourth-order valence-corrected chi connectivity index (χ4v) is 6.42. The summed E-state index contributed by atoms with van der Waals surface area (Å²) in [5.74, 6) is 1.93. The van der Waals surface area contributed by atoms with Gasteiger partial charge in [0.1, 0.15) is 5.75 Å². The molecule has 7 nitrogen and oxygen atoms in total. The zero-order chi connectivity index (χ0) is 25.0. The SMILES string of the molecule is COc1ccccc1NC(=S)Nc1cc(S(=O)(=O)N2CCC(C)CC2)ccc1N1CCC(C)CC1. The van der Waals surface area contributed by atoms with Gasteiger partial charge in [0.25, 0.3) is 0 Å². The second-order valence-corrected chi connectivity index (χ2v) is 12.1. The van der Waals surface area contributed by atoms with E-state index in [-0.39, 0.29) is 0 Å². The summed E-state index contributed by atoms with van der Waals surface area (Å²) in [7, 11) is -1.97. The van der Waals surface area contributed by atoms with Gasteiger partial charge in [-0.2, -0.15) is 4.31 Å². The van der Waals surface area contributed by atoms with Crippen LogP contribution in [0.5, 0.6) is 5.75 Å². The van der Waals surface area contributed by atoms with Gasteiger partial charge in [0.15, 0.2) is 5.11 Å². The summed E-state index contributed by atoms with van der Waals surface area (Å²) in [6.45, 7) is 7.43. The number of piperidine rings is 2. The molecule has 0 aromatic heterocycles. The number of thiocarbonyl (C=S) groups is 1. The smallest absolute Gasteiger partial charge is 0.243 e. The number of rotatable bonds is 6. The number of anilines is 3. The monoisotopic (exact) mass is 516 g/mol. The van der Waals surface area contributed by atoms with Crippen molar-refractivity contribution in [3.05, 3.63) is 42.5 Å². The highest BCUT2D eigenvalue weighted by molar-refractivity contribution is 7.89. The molecule has 0 saturated carbocycles. The summed E-state index contributed by atoms with van der Waals surface area (Å²) in [5, 5.41) is 6.85. The molecule has 0 radical (unpaired) electrons. The summed E-state index contributed by atoms with van der Waals surface area (Å²) >= 11 is 5.62. The van der Waals surface area contributed by atoms with Crippen molar-refractivity contribution in [1.29, 1.82) is 0 Å². The first kappa shape index (κ1) is 25.7. The van der Waals surface area contributed by atoms with E-state index in [9.17, 15) is 8.42 Å². The summed E-state index contributed by atoms with van der Waals surface area (Å²) in [5.41, 5.74) is 2.40. The van der Waals surface area contributed by atoms with Crippen LogP contribution in [-0.4, -0.2) is 51.1 Å². The van der Waals surface area contributed by atoms with Crippen LogP contribution < -0.4 is 20.3 Å². The molecule has 2 aromatic carbocycles. The Morgan fingerprint density at radius 1 is 0.914 bits per heavy atom. The van der Waals surface area contributed by atoms with Gasteiger partial charge < -0.3 is 20.3 Å². The number of nitrogens with zero attached hydrogens (tertiary/aromatic N) is 2. The Labute approximate surface area is 214 Å². The molecule has 2 N–H and O–H groups in total. The number of hydrogen-bond donors (Lipinski definition) is 2. The van der Waals surface area contributed by atoms with E-state index in [1.807, 2.05) is 30.3 Å². The van der Waals surface area contributed by atoms with Crippen LogP contribution in [0.4, 0.5) is 17.1 Å². The lowest BCUT2D eigenvalue weighted by Crippen LogP contribution is -2.38. The van der Waals surface area contributed by atoms with E-state index in [1.54, 1.807) is 23.5 Å². The zero-order valence-electron chi connectivity index (χ0n) is 20.8. The lowest BCUT2D eigenvalue weighted by Gasteiger charge is -2.34. The average molecular weight is 517 g/mol. The quantitative estimate of drug-likeness (QED) is 0.514. The number of para-hydroxylation sites is 2. The maximum Gasteiger partial charge on any atom is 0.243 e. The fraction of sp³-hybridized carbons (Fsp3) is 0.500. The first-order valence-electron chi connectivity index (χ1n) is 12.4. The minimum Gasteiger partial charge on any atom is -0.495 e. The Morgan fingerprint density at radius 3 is 2.17 bits per heavy atom. The van der Waals surface area contributed by atoms with E-state index >= 15 is 0 Å². The molecular weight excluding hydrogens is 480 g/mol. The van der Waals surface area contributed by atoms with Gasteiger partial charge in [-0.05, 0) is 80.1 Å². The third kappa shape index (κ3) is 6.08. The predicted molar refractivity (Wildman–Crippen MR) is 147 cm³/mol. The molecule has 0 aliphatic carbocycles. The van der Waals surface area contributed by atoms with Crippen LogP contribution in [0.25, 0.3) is 0 Å². The van der Waals surface area contributed by atoms with Gasteiger partial charge in [0.05, 0.1) is 29.1 Å². The van der Waals surface area contributed by atoms with Gasteiger partial charge in [-0.1, -0.05) is 26.0 Å². The first-order chi connectivity index (χ1) is 16.8. The highest BCUT2D eigenvalue weighted by Gasteiger charge is 2.29. The molecule has 2 saturated heterocycles. The molecular formula is C26H36N4O3S2. The van der Waals surface area contributed by atoms with Crippen molar-refractivity contribution in [2.24, 2.45) is 11.8 Å². The van der Waals surface area contributed by atoms with Crippen molar-refractivity contribution in [2.75, 3.05) is 48.8 Å². The average Bonchev–Trinajstić information content (AvgIpc) is 2.85. The van der Waals surface area contributed by atoms with Crippen LogP contribution in [0.1, 0.15) is 39.5 Å².